The van der Waals surface area contributed by atoms with E-state index in [2.05, 4.69) is 13.8 Å². The van der Waals surface area contributed by atoms with Gasteiger partial charge in [0.05, 0.1) is 12.5 Å². The van der Waals surface area contributed by atoms with Gasteiger partial charge in [-0.15, -0.1) is 0 Å². The number of carbonyl (C=O) groups excluding carboxylic acids is 1. The third-order valence-corrected chi connectivity index (χ3v) is 4.89. The first kappa shape index (κ1) is 10.9. The third-order valence-electron chi connectivity index (χ3n) is 4.89. The standard InChI is InChI=1S/C12H21NO2/c1-11(2)7-5-6-12(3,10(14)15-4)9(13)8(7)11/h7-9H,5-6,13H2,1-4H3/t7-,8-,9+,12-/m1/s1. The molecule has 0 aromatic heterocycles. The lowest BCUT2D eigenvalue weighted by Crippen LogP contribution is -2.50. The fourth-order valence-electron chi connectivity index (χ4n) is 3.54. The maximum Gasteiger partial charge on any atom is 0.313 e. The molecule has 2 aliphatic carbocycles. The second-order valence-corrected chi connectivity index (χ2v) is 5.93. The summed E-state index contributed by atoms with van der Waals surface area (Å²) in [5, 5.41) is 0. The summed E-state index contributed by atoms with van der Waals surface area (Å²) in [4.78, 5) is 11.8. The number of methoxy groups -OCH3 is 1. The summed E-state index contributed by atoms with van der Waals surface area (Å²) < 4.78 is 4.88. The molecule has 86 valence electrons. The van der Waals surface area contributed by atoms with Crippen molar-refractivity contribution in [3.8, 4) is 0 Å². The van der Waals surface area contributed by atoms with Gasteiger partial charge in [0.1, 0.15) is 0 Å². The molecule has 15 heavy (non-hydrogen) atoms. The van der Waals surface area contributed by atoms with Crippen LogP contribution in [0.3, 0.4) is 0 Å². The molecule has 0 aromatic carbocycles. The number of esters is 1. The Balaban J connectivity index is 2.21. The minimum Gasteiger partial charge on any atom is -0.469 e. The zero-order valence-electron chi connectivity index (χ0n) is 10.0. The van der Waals surface area contributed by atoms with Gasteiger partial charge in [-0.05, 0) is 37.0 Å². The Kier molecular flexibility index (Phi) is 2.16. The number of hydrogen-bond acceptors (Lipinski definition) is 3. The van der Waals surface area contributed by atoms with Gasteiger partial charge in [-0.2, -0.15) is 0 Å². The molecule has 0 saturated heterocycles. The van der Waals surface area contributed by atoms with Gasteiger partial charge in [0.2, 0.25) is 0 Å². The van der Waals surface area contributed by atoms with E-state index in [1.165, 1.54) is 7.11 Å². The van der Waals surface area contributed by atoms with E-state index in [4.69, 9.17) is 10.5 Å². The van der Waals surface area contributed by atoms with Crippen molar-refractivity contribution in [3.63, 3.8) is 0 Å². The lowest BCUT2D eigenvalue weighted by atomic mass is 9.72. The van der Waals surface area contributed by atoms with Crippen molar-refractivity contribution in [1.29, 1.82) is 0 Å². The van der Waals surface area contributed by atoms with Crippen LogP contribution in [0, 0.1) is 22.7 Å². The van der Waals surface area contributed by atoms with Gasteiger partial charge < -0.3 is 10.5 Å². The predicted molar refractivity (Wildman–Crippen MR) is 58.1 cm³/mol. The number of fused-ring (bicyclic) bond motifs is 1. The molecule has 0 bridgehead atoms. The molecule has 2 rings (SSSR count). The summed E-state index contributed by atoms with van der Waals surface area (Å²) >= 11 is 0. The van der Waals surface area contributed by atoms with Crippen molar-refractivity contribution in [2.75, 3.05) is 7.11 Å². The summed E-state index contributed by atoms with van der Waals surface area (Å²) in [6, 6.07) is -0.0429. The molecule has 0 aliphatic heterocycles. The van der Waals surface area contributed by atoms with Gasteiger partial charge in [-0.25, -0.2) is 0 Å². The fraction of sp³-hybridized carbons (Fsp3) is 0.917. The predicted octanol–water partition coefficient (Wildman–Crippen LogP) is 1.56. The van der Waals surface area contributed by atoms with E-state index in [0.717, 1.165) is 12.8 Å². The van der Waals surface area contributed by atoms with E-state index in [0.29, 0.717) is 17.3 Å². The number of hydrogen-bond donors (Lipinski definition) is 1. The number of rotatable bonds is 1. The quantitative estimate of drug-likeness (QED) is 0.670. The minimum absolute atomic E-state index is 0.0429. The van der Waals surface area contributed by atoms with Gasteiger partial charge in [0, 0.05) is 6.04 Å². The maximum atomic E-state index is 11.8. The van der Waals surface area contributed by atoms with E-state index in [1.54, 1.807) is 0 Å². The van der Waals surface area contributed by atoms with Gasteiger partial charge in [-0.3, -0.25) is 4.79 Å². The van der Waals surface area contributed by atoms with Crippen molar-refractivity contribution in [1.82, 2.24) is 0 Å². The Labute approximate surface area is 91.4 Å². The van der Waals surface area contributed by atoms with Crippen molar-refractivity contribution < 1.29 is 9.53 Å². The molecular weight excluding hydrogens is 190 g/mol. The van der Waals surface area contributed by atoms with Crippen LogP contribution in [0.5, 0.6) is 0 Å². The zero-order chi connectivity index (χ0) is 11.4. The number of ether oxygens (including phenoxy) is 1. The van der Waals surface area contributed by atoms with E-state index < -0.39 is 5.41 Å². The largest absolute Gasteiger partial charge is 0.469 e. The summed E-state index contributed by atoms with van der Waals surface area (Å²) in [5.41, 5.74) is 6.11. The molecule has 2 aliphatic rings. The lowest BCUT2D eigenvalue weighted by Gasteiger charge is -2.36. The average Bonchev–Trinajstić information content (AvgIpc) is 2.74. The van der Waals surface area contributed by atoms with E-state index in [1.807, 2.05) is 6.92 Å². The maximum absolute atomic E-state index is 11.8. The van der Waals surface area contributed by atoms with Crippen molar-refractivity contribution in [2.45, 2.75) is 39.7 Å². The highest BCUT2D eigenvalue weighted by atomic mass is 16.5. The van der Waals surface area contributed by atoms with Crippen molar-refractivity contribution >= 4 is 5.97 Å². The molecule has 0 amide bonds. The molecule has 2 fully saturated rings. The van der Waals surface area contributed by atoms with Crippen LogP contribution < -0.4 is 5.73 Å². The van der Waals surface area contributed by atoms with Crippen molar-refractivity contribution in [3.05, 3.63) is 0 Å². The van der Waals surface area contributed by atoms with Crippen LogP contribution in [0.15, 0.2) is 0 Å². The lowest BCUT2D eigenvalue weighted by molar-refractivity contribution is -0.155. The SMILES string of the molecule is COC(=O)[C@]1(C)CC[C@@H]2[C@H]([C@@H]1N)C2(C)C. The van der Waals surface area contributed by atoms with Crippen molar-refractivity contribution in [2.24, 2.45) is 28.4 Å². The molecule has 0 heterocycles. The summed E-state index contributed by atoms with van der Waals surface area (Å²) in [6.45, 7) is 6.46. The van der Waals surface area contributed by atoms with Gasteiger partial charge in [0.15, 0.2) is 0 Å². The first-order valence-electron chi connectivity index (χ1n) is 5.69. The van der Waals surface area contributed by atoms with Crippen LogP contribution in [-0.2, 0) is 9.53 Å². The first-order valence-corrected chi connectivity index (χ1v) is 5.69. The molecule has 0 aromatic rings. The van der Waals surface area contributed by atoms with Crippen LogP contribution in [-0.4, -0.2) is 19.1 Å². The number of nitrogens with two attached hydrogens (primary N) is 1. The molecule has 0 radical (unpaired) electrons. The normalized spacial score (nSPS) is 46.9. The Morgan fingerprint density at radius 2 is 2.00 bits per heavy atom. The van der Waals surface area contributed by atoms with Crippen LogP contribution in [0.2, 0.25) is 0 Å². The molecule has 4 atom stereocenters. The highest BCUT2D eigenvalue weighted by Crippen LogP contribution is 2.67. The Morgan fingerprint density at radius 1 is 1.40 bits per heavy atom. The Morgan fingerprint density at radius 3 is 2.53 bits per heavy atom. The molecule has 3 heteroatoms. The van der Waals surface area contributed by atoms with E-state index in [-0.39, 0.29) is 12.0 Å². The van der Waals surface area contributed by atoms with Gasteiger partial charge in [-0.1, -0.05) is 13.8 Å². The fourth-order valence-corrected chi connectivity index (χ4v) is 3.54. The average molecular weight is 211 g/mol. The Hall–Kier alpha value is -0.570. The van der Waals surface area contributed by atoms with Gasteiger partial charge >= 0.3 is 5.97 Å². The highest BCUT2D eigenvalue weighted by molar-refractivity contribution is 5.77. The highest BCUT2D eigenvalue weighted by Gasteiger charge is 2.67. The van der Waals surface area contributed by atoms with Crippen LogP contribution in [0.25, 0.3) is 0 Å². The smallest absolute Gasteiger partial charge is 0.313 e. The summed E-state index contributed by atoms with van der Waals surface area (Å²) in [5.74, 6) is 1.07. The van der Waals surface area contributed by atoms with Crippen LogP contribution >= 0.6 is 0 Å². The zero-order valence-corrected chi connectivity index (χ0v) is 10.0. The number of carbonyl (C=O) groups is 1. The summed E-state index contributed by atoms with van der Waals surface area (Å²) in [7, 11) is 1.45. The second-order valence-electron chi connectivity index (χ2n) is 5.93. The topological polar surface area (TPSA) is 52.3 Å². The third kappa shape index (κ3) is 1.25. The molecule has 3 nitrogen and oxygen atoms in total. The first-order chi connectivity index (χ1) is 6.85. The molecule has 2 saturated carbocycles. The van der Waals surface area contributed by atoms with Crippen LogP contribution in [0.1, 0.15) is 33.6 Å². The monoisotopic (exact) mass is 211 g/mol. The molecular formula is C12H21NO2. The molecule has 0 spiro atoms. The van der Waals surface area contributed by atoms with Gasteiger partial charge in [0.25, 0.3) is 0 Å². The molecule has 2 N–H and O–H groups in total. The second kappa shape index (κ2) is 2.97. The Bertz CT molecular complexity index is 300. The molecule has 0 unspecified atom stereocenters. The summed E-state index contributed by atoms with van der Waals surface area (Å²) in [6.07, 6.45) is 1.97. The van der Waals surface area contributed by atoms with Crippen LogP contribution in [0.4, 0.5) is 0 Å². The van der Waals surface area contributed by atoms with E-state index in [9.17, 15) is 4.79 Å². The minimum atomic E-state index is -0.469. The van der Waals surface area contributed by atoms with E-state index >= 15 is 0 Å².